The van der Waals surface area contributed by atoms with Crippen molar-refractivity contribution in [3.8, 4) is 0 Å². The number of halogens is 3. The first-order chi connectivity index (χ1) is 16.1. The van der Waals surface area contributed by atoms with Crippen molar-refractivity contribution in [1.29, 1.82) is 0 Å². The first-order valence-electron chi connectivity index (χ1n) is 11.9. The third-order valence-corrected chi connectivity index (χ3v) is 6.18. The maximum Gasteiger partial charge on any atom is 0.416 e. The van der Waals surface area contributed by atoms with Gasteiger partial charge in [-0.2, -0.15) is 13.2 Å². The van der Waals surface area contributed by atoms with Gasteiger partial charge >= 0.3 is 6.18 Å². The van der Waals surface area contributed by atoms with Crippen LogP contribution in [0.5, 0.6) is 0 Å². The van der Waals surface area contributed by atoms with Gasteiger partial charge in [0.15, 0.2) is 0 Å². The fourth-order valence-electron chi connectivity index (χ4n) is 4.31. The van der Waals surface area contributed by atoms with Gasteiger partial charge in [0.05, 0.1) is 23.9 Å². The molecule has 0 unspecified atom stereocenters. The van der Waals surface area contributed by atoms with Gasteiger partial charge in [-0.1, -0.05) is 42.5 Å². The van der Waals surface area contributed by atoms with Crippen LogP contribution in [0, 0.1) is 11.8 Å². The number of hydrogen-bond acceptors (Lipinski definition) is 4. The summed E-state index contributed by atoms with van der Waals surface area (Å²) in [6.07, 6.45) is 3.84. The van der Waals surface area contributed by atoms with Gasteiger partial charge in [0.1, 0.15) is 0 Å². The first kappa shape index (κ1) is 28.1. The standard InChI is InChI=1S/C26H36F3NO4/c1-2-30-25(34)11-6-4-3-5-10-21-22(24(33)17-23(21)32)15-14-20(31)13-12-18-8-7-9-19(16-18)26(27,28)29/h3,5,7-9,14-16,20-24,31-33H,2,4,6,10-13,17H2,1H3,(H,30,34)/b5-3-,15-14+/t20-,21+,22+,23-,24+/m0/s1. The quantitative estimate of drug-likeness (QED) is 0.265. The molecule has 1 aromatic carbocycles. The van der Waals surface area contributed by atoms with E-state index in [0.717, 1.165) is 25.0 Å². The molecule has 0 heterocycles. The Bertz CT molecular complexity index is 825. The largest absolute Gasteiger partial charge is 0.416 e. The van der Waals surface area contributed by atoms with E-state index in [-0.39, 0.29) is 37.0 Å². The maximum atomic E-state index is 12.8. The number of rotatable bonds is 12. The number of aliphatic hydroxyl groups excluding tert-OH is 3. The Kier molecular flexibility index (Phi) is 11.3. The van der Waals surface area contributed by atoms with Crippen LogP contribution < -0.4 is 5.32 Å². The average molecular weight is 484 g/mol. The lowest BCUT2D eigenvalue weighted by Gasteiger charge is -2.19. The zero-order valence-electron chi connectivity index (χ0n) is 19.5. The van der Waals surface area contributed by atoms with Gasteiger partial charge in [0.2, 0.25) is 5.91 Å². The molecule has 1 saturated carbocycles. The highest BCUT2D eigenvalue weighted by Crippen LogP contribution is 2.36. The van der Waals surface area contributed by atoms with E-state index in [9.17, 15) is 33.3 Å². The lowest BCUT2D eigenvalue weighted by atomic mass is 9.89. The number of carbonyl (C=O) groups is 1. The molecule has 0 bridgehead atoms. The van der Waals surface area contributed by atoms with E-state index in [0.29, 0.717) is 24.9 Å². The highest BCUT2D eigenvalue weighted by Gasteiger charge is 2.39. The van der Waals surface area contributed by atoms with Crippen LogP contribution in [0.2, 0.25) is 0 Å². The topological polar surface area (TPSA) is 89.8 Å². The molecule has 0 saturated heterocycles. The highest BCUT2D eigenvalue weighted by molar-refractivity contribution is 5.75. The van der Waals surface area contributed by atoms with Crippen LogP contribution in [0.15, 0.2) is 48.6 Å². The van der Waals surface area contributed by atoms with E-state index in [1.807, 2.05) is 19.1 Å². The molecular weight excluding hydrogens is 447 g/mol. The molecule has 1 aromatic rings. The number of benzene rings is 1. The average Bonchev–Trinajstić information content (AvgIpc) is 3.05. The van der Waals surface area contributed by atoms with E-state index < -0.39 is 30.1 Å². The van der Waals surface area contributed by atoms with Crippen LogP contribution in [0.4, 0.5) is 13.2 Å². The second kappa shape index (κ2) is 13.7. The Morgan fingerprint density at radius 1 is 1.24 bits per heavy atom. The Labute approximate surface area is 199 Å². The SMILES string of the molecule is CCNC(=O)CCC/C=C\C[C@@H]1[C@@H](/C=C/[C@@H](O)CCc2cccc(C(F)(F)F)c2)[C@H](O)C[C@@H]1O. The second-order valence-corrected chi connectivity index (χ2v) is 8.85. The van der Waals surface area contributed by atoms with Crippen LogP contribution in [0.25, 0.3) is 0 Å². The fourth-order valence-corrected chi connectivity index (χ4v) is 4.31. The molecule has 1 fully saturated rings. The summed E-state index contributed by atoms with van der Waals surface area (Å²) in [5.74, 6) is -0.484. The lowest BCUT2D eigenvalue weighted by Crippen LogP contribution is -2.21. The van der Waals surface area contributed by atoms with Crippen molar-refractivity contribution in [2.75, 3.05) is 6.54 Å². The van der Waals surface area contributed by atoms with E-state index in [1.54, 1.807) is 18.2 Å². The summed E-state index contributed by atoms with van der Waals surface area (Å²) in [6.45, 7) is 2.49. The monoisotopic (exact) mass is 483 g/mol. The minimum Gasteiger partial charge on any atom is -0.393 e. The number of aryl methyl sites for hydroxylation is 1. The molecule has 1 aliphatic carbocycles. The van der Waals surface area contributed by atoms with Crippen molar-refractivity contribution in [3.63, 3.8) is 0 Å². The normalized spacial score (nSPS) is 24.2. The van der Waals surface area contributed by atoms with E-state index in [1.165, 1.54) is 6.07 Å². The van der Waals surface area contributed by atoms with E-state index in [4.69, 9.17) is 0 Å². The molecule has 1 amide bonds. The van der Waals surface area contributed by atoms with Gasteiger partial charge < -0.3 is 20.6 Å². The van der Waals surface area contributed by atoms with Crippen LogP contribution in [0.1, 0.15) is 56.6 Å². The third-order valence-electron chi connectivity index (χ3n) is 6.18. The number of nitrogens with one attached hydrogen (secondary N) is 1. The van der Waals surface area contributed by atoms with Crippen molar-refractivity contribution in [3.05, 3.63) is 59.7 Å². The smallest absolute Gasteiger partial charge is 0.393 e. The predicted octanol–water partition coefficient (Wildman–Crippen LogP) is 4.17. The van der Waals surface area contributed by atoms with Crippen molar-refractivity contribution in [1.82, 2.24) is 5.32 Å². The summed E-state index contributed by atoms with van der Waals surface area (Å²) >= 11 is 0. The number of allylic oxidation sites excluding steroid dienone is 2. The van der Waals surface area contributed by atoms with E-state index in [2.05, 4.69) is 5.32 Å². The van der Waals surface area contributed by atoms with Crippen molar-refractivity contribution >= 4 is 5.91 Å². The molecule has 190 valence electrons. The lowest BCUT2D eigenvalue weighted by molar-refractivity contribution is -0.137. The highest BCUT2D eigenvalue weighted by atomic mass is 19.4. The minimum atomic E-state index is -4.40. The Hall–Kier alpha value is -2.16. The number of unbranched alkanes of at least 4 members (excludes halogenated alkanes) is 1. The Morgan fingerprint density at radius 2 is 2.00 bits per heavy atom. The molecule has 4 N–H and O–H groups in total. The summed E-state index contributed by atoms with van der Waals surface area (Å²) in [5.41, 5.74) is -0.216. The first-order valence-corrected chi connectivity index (χ1v) is 11.9. The number of aliphatic hydroxyl groups is 3. The van der Waals surface area contributed by atoms with Crippen molar-refractivity contribution in [2.45, 2.75) is 76.4 Å². The van der Waals surface area contributed by atoms with Gasteiger partial charge in [-0.15, -0.1) is 0 Å². The minimum absolute atomic E-state index is 0.0297. The van der Waals surface area contributed by atoms with Gasteiger partial charge in [-0.05, 0) is 56.6 Å². The number of hydrogen-bond donors (Lipinski definition) is 4. The summed E-state index contributed by atoms with van der Waals surface area (Å²) in [5, 5.41) is 33.7. The maximum absolute atomic E-state index is 12.8. The second-order valence-electron chi connectivity index (χ2n) is 8.85. The number of alkyl halides is 3. The summed E-state index contributed by atoms with van der Waals surface area (Å²) in [6, 6.07) is 5.06. The van der Waals surface area contributed by atoms with Gasteiger partial charge in [-0.25, -0.2) is 0 Å². The third kappa shape index (κ3) is 9.24. The molecule has 1 aliphatic rings. The van der Waals surface area contributed by atoms with E-state index >= 15 is 0 Å². The number of amides is 1. The van der Waals surface area contributed by atoms with Crippen LogP contribution in [0.3, 0.4) is 0 Å². The zero-order chi connectivity index (χ0) is 25.1. The zero-order valence-corrected chi connectivity index (χ0v) is 19.5. The van der Waals surface area contributed by atoms with Gasteiger partial charge in [0, 0.05) is 25.3 Å². The van der Waals surface area contributed by atoms with Crippen LogP contribution >= 0.6 is 0 Å². The molecule has 5 atom stereocenters. The Morgan fingerprint density at radius 3 is 2.71 bits per heavy atom. The molecule has 0 radical (unpaired) electrons. The van der Waals surface area contributed by atoms with Crippen LogP contribution in [-0.4, -0.2) is 46.1 Å². The van der Waals surface area contributed by atoms with Crippen molar-refractivity contribution in [2.24, 2.45) is 11.8 Å². The molecule has 8 heteroatoms. The van der Waals surface area contributed by atoms with Gasteiger partial charge in [-0.3, -0.25) is 4.79 Å². The molecule has 34 heavy (non-hydrogen) atoms. The Balaban J connectivity index is 1.84. The molecule has 0 spiro atoms. The molecule has 0 aliphatic heterocycles. The molecule has 5 nitrogen and oxygen atoms in total. The summed E-state index contributed by atoms with van der Waals surface area (Å²) < 4.78 is 38.5. The predicted molar refractivity (Wildman–Crippen MR) is 125 cm³/mol. The summed E-state index contributed by atoms with van der Waals surface area (Å²) in [4.78, 5) is 11.4. The molecule has 2 rings (SSSR count). The number of carbonyl (C=O) groups excluding carboxylic acids is 1. The summed E-state index contributed by atoms with van der Waals surface area (Å²) in [7, 11) is 0. The van der Waals surface area contributed by atoms with Crippen molar-refractivity contribution < 1.29 is 33.3 Å². The van der Waals surface area contributed by atoms with Gasteiger partial charge in [0.25, 0.3) is 0 Å². The molecule has 0 aromatic heterocycles. The molecular formula is C26H36F3NO4. The van der Waals surface area contributed by atoms with Crippen LogP contribution in [-0.2, 0) is 17.4 Å². The fraction of sp³-hybridized carbons (Fsp3) is 0.577.